The molecule has 27 heavy (non-hydrogen) atoms. The van der Waals surface area contributed by atoms with Crippen molar-refractivity contribution in [3.05, 3.63) is 38.7 Å². The molecule has 0 saturated carbocycles. The Labute approximate surface area is 158 Å². The van der Waals surface area contributed by atoms with Crippen LogP contribution in [0.3, 0.4) is 0 Å². The largest absolute Gasteiger partial charge is 0.489 e. The van der Waals surface area contributed by atoms with E-state index in [2.05, 4.69) is 13.8 Å². The van der Waals surface area contributed by atoms with Crippen LogP contribution in [0, 0.1) is 12.8 Å². The van der Waals surface area contributed by atoms with Gasteiger partial charge in [0.15, 0.2) is 5.58 Å². The van der Waals surface area contributed by atoms with Crippen LogP contribution in [0.15, 0.2) is 20.9 Å². The second-order valence-electron chi connectivity index (χ2n) is 8.39. The molecule has 2 aromatic rings. The molecule has 4 rings (SSSR count). The van der Waals surface area contributed by atoms with Gasteiger partial charge in [-0.2, -0.15) is 0 Å². The topological polar surface area (TPSA) is 68.9 Å². The van der Waals surface area contributed by atoms with Crippen LogP contribution >= 0.6 is 0 Å². The number of aliphatic hydroxyl groups excluding tert-OH is 1. The van der Waals surface area contributed by atoms with Gasteiger partial charge in [0.2, 0.25) is 0 Å². The highest BCUT2D eigenvalue weighted by Crippen LogP contribution is 2.55. The van der Waals surface area contributed by atoms with E-state index in [0.29, 0.717) is 22.6 Å². The molecule has 0 radical (unpaired) electrons. The van der Waals surface area contributed by atoms with Gasteiger partial charge in [-0.25, -0.2) is 4.79 Å². The van der Waals surface area contributed by atoms with Crippen molar-refractivity contribution in [2.75, 3.05) is 0 Å². The zero-order valence-electron chi connectivity index (χ0n) is 16.9. The lowest BCUT2D eigenvalue weighted by atomic mass is 9.81. The van der Waals surface area contributed by atoms with Gasteiger partial charge >= 0.3 is 5.63 Å². The maximum Gasteiger partial charge on any atom is 0.336 e. The van der Waals surface area contributed by atoms with E-state index in [-0.39, 0.29) is 12.0 Å². The zero-order chi connectivity index (χ0) is 19.8. The fourth-order valence-electron chi connectivity index (χ4n) is 4.16. The van der Waals surface area contributed by atoms with E-state index >= 15 is 0 Å². The average molecular weight is 370 g/mol. The molecule has 144 valence electrons. The molecule has 1 aromatic carbocycles. The van der Waals surface area contributed by atoms with Crippen LogP contribution in [0.25, 0.3) is 16.5 Å². The Morgan fingerprint density at radius 2 is 1.78 bits per heavy atom. The standard InChI is InChI=1S/C22H26O5/c1-9-8-14(23)26-19-15(9)21-16(10(2)12(4)22(6,7)27-21)20-17(19)18(24)11(3)13(5)25-20/h8,11,13,18,24H,1-7H3/t11?,13-,18+/m1/s1. The van der Waals surface area contributed by atoms with Gasteiger partial charge in [0.25, 0.3) is 0 Å². The van der Waals surface area contributed by atoms with E-state index in [9.17, 15) is 9.90 Å². The van der Waals surface area contributed by atoms with Crippen LogP contribution in [0.5, 0.6) is 11.5 Å². The lowest BCUT2D eigenvalue weighted by molar-refractivity contribution is 0.0171. The number of fused-ring (bicyclic) bond motifs is 6. The fraction of sp³-hybridized carbons (Fsp3) is 0.500. The molecule has 5 heteroatoms. The number of hydrogen-bond acceptors (Lipinski definition) is 5. The summed E-state index contributed by atoms with van der Waals surface area (Å²) >= 11 is 0. The quantitative estimate of drug-likeness (QED) is 0.691. The van der Waals surface area contributed by atoms with Gasteiger partial charge in [-0.15, -0.1) is 0 Å². The van der Waals surface area contributed by atoms with Crippen LogP contribution in [0.4, 0.5) is 0 Å². The van der Waals surface area contributed by atoms with E-state index in [1.54, 1.807) is 0 Å². The first-order valence-corrected chi connectivity index (χ1v) is 9.41. The molecule has 1 unspecified atom stereocenters. The third-order valence-corrected chi connectivity index (χ3v) is 6.36. The van der Waals surface area contributed by atoms with E-state index in [1.807, 2.05) is 34.6 Å². The van der Waals surface area contributed by atoms with Gasteiger partial charge in [-0.3, -0.25) is 0 Å². The van der Waals surface area contributed by atoms with Crippen molar-refractivity contribution in [2.45, 2.75) is 66.3 Å². The normalized spacial score (nSPS) is 26.3. The zero-order valence-corrected chi connectivity index (χ0v) is 16.9. The van der Waals surface area contributed by atoms with Gasteiger partial charge < -0.3 is 19.0 Å². The molecular weight excluding hydrogens is 344 g/mol. The summed E-state index contributed by atoms with van der Waals surface area (Å²) in [6.45, 7) is 13.9. The summed E-state index contributed by atoms with van der Waals surface area (Å²) in [5, 5.41) is 11.8. The number of allylic oxidation sites excluding steroid dienone is 1. The van der Waals surface area contributed by atoms with E-state index in [1.165, 1.54) is 6.07 Å². The Kier molecular flexibility index (Phi) is 3.77. The Morgan fingerprint density at radius 3 is 2.44 bits per heavy atom. The maximum atomic E-state index is 12.1. The first-order chi connectivity index (χ1) is 12.5. The van der Waals surface area contributed by atoms with E-state index < -0.39 is 17.3 Å². The number of rotatable bonds is 0. The molecule has 3 heterocycles. The summed E-state index contributed by atoms with van der Waals surface area (Å²) in [5.41, 5.74) is 3.77. The highest BCUT2D eigenvalue weighted by Gasteiger charge is 2.42. The number of benzene rings is 1. The van der Waals surface area contributed by atoms with Crippen molar-refractivity contribution in [3.63, 3.8) is 0 Å². The van der Waals surface area contributed by atoms with Crippen molar-refractivity contribution >= 4 is 16.5 Å². The summed E-state index contributed by atoms with van der Waals surface area (Å²) in [4.78, 5) is 12.1. The van der Waals surface area contributed by atoms with Crippen LogP contribution in [0.1, 0.15) is 64.3 Å². The minimum atomic E-state index is -0.787. The predicted molar refractivity (Wildman–Crippen MR) is 104 cm³/mol. The van der Waals surface area contributed by atoms with Gasteiger partial charge in [0.05, 0.1) is 22.6 Å². The van der Waals surface area contributed by atoms with Crippen molar-refractivity contribution < 1.29 is 19.0 Å². The van der Waals surface area contributed by atoms with Crippen molar-refractivity contribution in [1.29, 1.82) is 0 Å². The SMILES string of the molecule is CC1=C(C)C(C)(C)Oc2c1c1c(c3oc(=O)cc(C)c23)[C@@H](O)C(C)[C@@H](C)O1. The Bertz CT molecular complexity index is 1060. The average Bonchev–Trinajstić information content (AvgIpc) is 2.56. The Hall–Kier alpha value is -2.27. The van der Waals surface area contributed by atoms with Gasteiger partial charge in [0.1, 0.15) is 23.2 Å². The molecule has 2 aliphatic rings. The van der Waals surface area contributed by atoms with Crippen LogP contribution in [-0.4, -0.2) is 16.8 Å². The Morgan fingerprint density at radius 1 is 1.11 bits per heavy atom. The summed E-state index contributed by atoms with van der Waals surface area (Å²) in [7, 11) is 0. The Balaban J connectivity index is 2.24. The third-order valence-electron chi connectivity index (χ3n) is 6.36. The molecule has 0 aliphatic carbocycles. The van der Waals surface area contributed by atoms with Crippen molar-refractivity contribution in [3.8, 4) is 11.5 Å². The summed E-state index contributed by atoms with van der Waals surface area (Å²) in [6, 6.07) is 1.47. The molecule has 0 saturated heterocycles. The van der Waals surface area contributed by atoms with Gasteiger partial charge in [-0.05, 0) is 58.3 Å². The first kappa shape index (κ1) is 18.1. The number of aliphatic hydroxyl groups is 1. The molecule has 1 aromatic heterocycles. The van der Waals surface area contributed by atoms with E-state index in [0.717, 1.165) is 27.7 Å². The van der Waals surface area contributed by atoms with Gasteiger partial charge in [-0.1, -0.05) is 6.92 Å². The summed E-state index contributed by atoms with van der Waals surface area (Å²) in [6.07, 6.45) is -0.960. The molecule has 5 nitrogen and oxygen atoms in total. The lowest BCUT2D eigenvalue weighted by Crippen LogP contribution is -2.36. The molecule has 0 bridgehead atoms. The molecule has 0 fully saturated rings. The second-order valence-corrected chi connectivity index (χ2v) is 8.39. The maximum absolute atomic E-state index is 12.1. The highest BCUT2D eigenvalue weighted by molar-refractivity contribution is 5.99. The van der Waals surface area contributed by atoms with Gasteiger partial charge in [0, 0.05) is 12.0 Å². The smallest absolute Gasteiger partial charge is 0.336 e. The van der Waals surface area contributed by atoms with Crippen molar-refractivity contribution in [2.24, 2.45) is 5.92 Å². The summed E-state index contributed by atoms with van der Waals surface area (Å²) < 4.78 is 18.3. The van der Waals surface area contributed by atoms with Crippen LogP contribution < -0.4 is 15.1 Å². The van der Waals surface area contributed by atoms with E-state index in [4.69, 9.17) is 13.9 Å². The lowest BCUT2D eigenvalue weighted by Gasteiger charge is -2.40. The van der Waals surface area contributed by atoms with Crippen molar-refractivity contribution in [1.82, 2.24) is 0 Å². The molecule has 3 atom stereocenters. The number of aryl methyl sites for hydroxylation is 1. The third kappa shape index (κ3) is 2.37. The molecule has 0 spiro atoms. The molecular formula is C22H26O5. The minimum absolute atomic E-state index is 0.129. The number of ether oxygens (including phenoxy) is 2. The monoisotopic (exact) mass is 370 g/mol. The molecule has 1 N–H and O–H groups in total. The highest BCUT2D eigenvalue weighted by atomic mass is 16.5. The molecule has 2 aliphatic heterocycles. The fourth-order valence-corrected chi connectivity index (χ4v) is 4.16. The first-order valence-electron chi connectivity index (χ1n) is 9.41. The number of hydrogen-bond donors (Lipinski definition) is 1. The second kappa shape index (κ2) is 5.61. The van der Waals surface area contributed by atoms with Crippen LogP contribution in [-0.2, 0) is 0 Å². The van der Waals surface area contributed by atoms with Crippen LogP contribution in [0.2, 0.25) is 0 Å². The minimum Gasteiger partial charge on any atom is -0.489 e. The predicted octanol–water partition coefficient (Wildman–Crippen LogP) is 4.52. The molecule has 0 amide bonds. The summed E-state index contributed by atoms with van der Waals surface area (Å²) in [5.74, 6) is 1.10.